The largest absolute Gasteiger partial charge is 0.426 e. The number of esters is 1. The van der Waals surface area contributed by atoms with E-state index in [2.05, 4.69) is 9.15 Å². The molecule has 0 saturated heterocycles. The molecular weight excluding hydrogens is 160 g/mol. The van der Waals surface area contributed by atoms with Gasteiger partial charge < -0.3 is 9.15 Å². The molecule has 0 bridgehead atoms. The van der Waals surface area contributed by atoms with Gasteiger partial charge in [-0.3, -0.25) is 4.79 Å². The van der Waals surface area contributed by atoms with Crippen LogP contribution in [-0.4, -0.2) is 5.97 Å². The third kappa shape index (κ3) is 1.95. The van der Waals surface area contributed by atoms with Gasteiger partial charge in [0.15, 0.2) is 0 Å². The maximum absolute atomic E-state index is 10.9. The molecule has 0 amide bonds. The first-order valence-corrected chi connectivity index (χ1v) is 3.39. The van der Waals surface area contributed by atoms with Crippen molar-refractivity contribution in [1.82, 2.24) is 0 Å². The van der Waals surface area contributed by atoms with Crippen LogP contribution in [0.4, 0.5) is 0 Å². The van der Waals surface area contributed by atoms with Crippen LogP contribution in [0.3, 0.4) is 0 Å². The summed E-state index contributed by atoms with van der Waals surface area (Å²) in [5.41, 5.74) is -0.634. The molecule has 1 heterocycles. The van der Waals surface area contributed by atoms with Crippen LogP contribution in [0.1, 0.15) is 12.7 Å². The van der Waals surface area contributed by atoms with Gasteiger partial charge in [-0.25, -0.2) is 4.79 Å². The first kappa shape index (κ1) is 8.52. The second-order valence-electron chi connectivity index (χ2n) is 2.29. The van der Waals surface area contributed by atoms with Crippen molar-refractivity contribution in [3.63, 3.8) is 0 Å². The zero-order valence-electron chi connectivity index (χ0n) is 6.79. The Morgan fingerprint density at radius 3 is 2.67 bits per heavy atom. The fourth-order valence-corrected chi connectivity index (χ4v) is 0.722. The summed E-state index contributed by atoms with van der Waals surface area (Å²) in [5.74, 6) is -0.129. The maximum atomic E-state index is 10.9. The van der Waals surface area contributed by atoms with E-state index in [1.165, 1.54) is 13.0 Å². The highest BCUT2D eigenvalue weighted by Crippen LogP contribution is 2.04. The van der Waals surface area contributed by atoms with Crippen LogP contribution < -0.4 is 10.4 Å². The molecule has 0 unspecified atom stereocenters. The van der Waals surface area contributed by atoms with E-state index < -0.39 is 11.6 Å². The van der Waals surface area contributed by atoms with E-state index in [4.69, 9.17) is 0 Å². The van der Waals surface area contributed by atoms with Crippen LogP contribution >= 0.6 is 0 Å². The van der Waals surface area contributed by atoms with Gasteiger partial charge in [0.1, 0.15) is 5.76 Å². The van der Waals surface area contributed by atoms with Gasteiger partial charge in [-0.15, -0.1) is 0 Å². The third-order valence-electron chi connectivity index (χ3n) is 1.18. The van der Waals surface area contributed by atoms with Crippen LogP contribution in [0.25, 0.3) is 0 Å². The number of ether oxygens (including phenoxy) is 1. The van der Waals surface area contributed by atoms with Crippen molar-refractivity contribution in [2.24, 2.45) is 0 Å². The van der Waals surface area contributed by atoms with Gasteiger partial charge in [0.2, 0.25) is 5.75 Å². The quantitative estimate of drug-likeness (QED) is 0.584. The molecule has 0 aliphatic carbocycles. The lowest BCUT2D eigenvalue weighted by Crippen LogP contribution is -2.10. The van der Waals surface area contributed by atoms with Crippen LogP contribution in [0.5, 0.6) is 5.75 Å². The summed E-state index contributed by atoms with van der Waals surface area (Å²) in [6, 6.07) is 2.96. The van der Waals surface area contributed by atoms with E-state index in [1.54, 1.807) is 13.0 Å². The molecule has 12 heavy (non-hydrogen) atoms. The van der Waals surface area contributed by atoms with E-state index in [9.17, 15) is 9.59 Å². The Morgan fingerprint density at radius 1 is 1.50 bits per heavy atom. The average Bonchev–Trinajstić information content (AvgIpc) is 1.94. The second kappa shape index (κ2) is 3.21. The molecule has 0 fully saturated rings. The highest BCUT2D eigenvalue weighted by Gasteiger charge is 2.04. The van der Waals surface area contributed by atoms with Gasteiger partial charge in [-0.1, -0.05) is 0 Å². The molecule has 0 saturated carbocycles. The van der Waals surface area contributed by atoms with Crippen LogP contribution in [0.15, 0.2) is 21.3 Å². The first-order chi connectivity index (χ1) is 5.59. The lowest BCUT2D eigenvalue weighted by atomic mass is 10.4. The smallest absolute Gasteiger partial charge is 0.379 e. The Kier molecular flexibility index (Phi) is 2.28. The molecule has 0 N–H and O–H groups in total. The molecule has 1 aromatic heterocycles. The number of carbonyl (C=O) groups excluding carboxylic acids is 1. The van der Waals surface area contributed by atoms with Gasteiger partial charge in [-0.05, 0) is 19.1 Å². The van der Waals surface area contributed by atoms with Gasteiger partial charge >= 0.3 is 11.6 Å². The first-order valence-electron chi connectivity index (χ1n) is 3.39. The standard InChI is InChI=1S/C8H8O4/c1-5-3-4-7(8(10)11-5)12-6(2)9/h3-4H,1-2H3. The number of hydrogen-bond donors (Lipinski definition) is 0. The lowest BCUT2D eigenvalue weighted by Gasteiger charge is -1.97. The van der Waals surface area contributed by atoms with Crippen LogP contribution in [0, 0.1) is 6.92 Å². The Morgan fingerprint density at radius 2 is 2.17 bits per heavy atom. The normalized spacial score (nSPS) is 9.50. The van der Waals surface area contributed by atoms with E-state index >= 15 is 0 Å². The van der Waals surface area contributed by atoms with Crippen molar-refractivity contribution < 1.29 is 13.9 Å². The predicted octanol–water partition coefficient (Wildman–Crippen LogP) is 0.874. The summed E-state index contributed by atoms with van der Waals surface area (Å²) >= 11 is 0. The minimum atomic E-state index is -0.634. The molecule has 0 aromatic carbocycles. The Balaban J connectivity index is 3.02. The topological polar surface area (TPSA) is 56.5 Å². The van der Waals surface area contributed by atoms with Crippen molar-refractivity contribution >= 4 is 5.97 Å². The molecule has 64 valence electrons. The van der Waals surface area contributed by atoms with E-state index in [0.29, 0.717) is 5.76 Å². The Hall–Kier alpha value is -1.58. The van der Waals surface area contributed by atoms with Crippen molar-refractivity contribution in [1.29, 1.82) is 0 Å². The number of hydrogen-bond acceptors (Lipinski definition) is 4. The molecule has 1 aromatic rings. The molecule has 0 aliphatic heterocycles. The summed E-state index contributed by atoms with van der Waals surface area (Å²) in [6.07, 6.45) is 0. The van der Waals surface area contributed by atoms with E-state index in [-0.39, 0.29) is 5.75 Å². The number of carbonyl (C=O) groups is 1. The zero-order chi connectivity index (χ0) is 9.14. The lowest BCUT2D eigenvalue weighted by molar-refractivity contribution is -0.132. The third-order valence-corrected chi connectivity index (χ3v) is 1.18. The summed E-state index contributed by atoms with van der Waals surface area (Å²) in [6.45, 7) is 2.86. The number of rotatable bonds is 1. The van der Waals surface area contributed by atoms with Crippen LogP contribution in [0.2, 0.25) is 0 Å². The minimum absolute atomic E-state index is 0.0758. The molecule has 0 spiro atoms. The summed E-state index contributed by atoms with van der Waals surface area (Å²) < 4.78 is 9.23. The molecular formula is C8H8O4. The molecule has 4 heteroatoms. The fraction of sp³-hybridized carbons (Fsp3) is 0.250. The number of aryl methyl sites for hydroxylation is 1. The Bertz CT molecular complexity index is 350. The van der Waals surface area contributed by atoms with Gasteiger partial charge in [0.25, 0.3) is 0 Å². The SMILES string of the molecule is CC(=O)Oc1ccc(C)oc1=O. The summed E-state index contributed by atoms with van der Waals surface area (Å²) in [4.78, 5) is 21.4. The fourth-order valence-electron chi connectivity index (χ4n) is 0.722. The highest BCUT2D eigenvalue weighted by atomic mass is 16.5. The minimum Gasteiger partial charge on any atom is -0.426 e. The second-order valence-corrected chi connectivity index (χ2v) is 2.29. The van der Waals surface area contributed by atoms with E-state index in [1.807, 2.05) is 0 Å². The molecule has 0 aliphatic rings. The summed E-state index contributed by atoms with van der Waals surface area (Å²) in [7, 11) is 0. The van der Waals surface area contributed by atoms with Crippen LogP contribution in [-0.2, 0) is 4.79 Å². The van der Waals surface area contributed by atoms with Gasteiger partial charge in [0, 0.05) is 6.92 Å². The van der Waals surface area contributed by atoms with Crippen molar-refractivity contribution in [2.75, 3.05) is 0 Å². The maximum Gasteiger partial charge on any atom is 0.379 e. The van der Waals surface area contributed by atoms with E-state index in [0.717, 1.165) is 0 Å². The molecule has 0 radical (unpaired) electrons. The van der Waals surface area contributed by atoms with Crippen molar-refractivity contribution in [3.8, 4) is 5.75 Å². The molecule has 1 rings (SSSR count). The summed E-state index contributed by atoms with van der Waals surface area (Å²) in [5, 5.41) is 0. The zero-order valence-corrected chi connectivity index (χ0v) is 6.79. The van der Waals surface area contributed by atoms with Gasteiger partial charge in [-0.2, -0.15) is 0 Å². The van der Waals surface area contributed by atoms with Crippen molar-refractivity contribution in [3.05, 3.63) is 28.3 Å². The van der Waals surface area contributed by atoms with Crippen molar-refractivity contribution in [2.45, 2.75) is 13.8 Å². The van der Waals surface area contributed by atoms with Gasteiger partial charge in [0.05, 0.1) is 0 Å². The predicted molar refractivity (Wildman–Crippen MR) is 41.0 cm³/mol. The Labute approximate surface area is 68.8 Å². The average molecular weight is 168 g/mol. The highest BCUT2D eigenvalue weighted by molar-refractivity contribution is 5.68. The molecule has 4 nitrogen and oxygen atoms in total. The monoisotopic (exact) mass is 168 g/mol. The molecule has 0 atom stereocenters.